The highest BCUT2D eigenvalue weighted by molar-refractivity contribution is 5.81. The Hall–Kier alpha value is -0.730. The van der Waals surface area contributed by atoms with E-state index in [9.17, 15) is 0 Å². The molecule has 2 rings (SSSR count). The fourth-order valence-electron chi connectivity index (χ4n) is 3.76. The van der Waals surface area contributed by atoms with Crippen LogP contribution >= 0.6 is 0 Å². The van der Waals surface area contributed by atoms with Gasteiger partial charge in [0.1, 0.15) is 0 Å². The number of rotatable bonds is 8. The van der Waals surface area contributed by atoms with Gasteiger partial charge in [0.05, 0.1) is 0 Å². The van der Waals surface area contributed by atoms with Crippen molar-refractivity contribution in [1.82, 2.24) is 10.2 Å². The lowest BCUT2D eigenvalue weighted by Gasteiger charge is -2.30. The maximum Gasteiger partial charge on any atom is 0.194 e. The van der Waals surface area contributed by atoms with Gasteiger partial charge in [-0.25, -0.2) is 0 Å². The maximum atomic E-state index is 4.67. The van der Waals surface area contributed by atoms with E-state index in [0.717, 1.165) is 19.0 Å². The van der Waals surface area contributed by atoms with Gasteiger partial charge < -0.3 is 10.2 Å². The summed E-state index contributed by atoms with van der Waals surface area (Å²) in [5.41, 5.74) is 0. The molecule has 1 N–H and O–H groups in total. The predicted molar refractivity (Wildman–Crippen MR) is 91.8 cm³/mol. The zero-order chi connectivity index (χ0) is 14.9. The van der Waals surface area contributed by atoms with E-state index in [2.05, 4.69) is 29.1 Å². The number of aliphatic imine (C=N–C) groups is 1. The molecule has 0 radical (unpaired) electrons. The summed E-state index contributed by atoms with van der Waals surface area (Å²) < 4.78 is 0. The molecule has 21 heavy (non-hydrogen) atoms. The van der Waals surface area contributed by atoms with E-state index >= 15 is 0 Å². The van der Waals surface area contributed by atoms with Crippen LogP contribution in [-0.2, 0) is 0 Å². The van der Waals surface area contributed by atoms with Gasteiger partial charge in [0.25, 0.3) is 0 Å². The normalized spacial score (nSPS) is 25.8. The minimum Gasteiger partial charge on any atom is -0.356 e. The van der Waals surface area contributed by atoms with Crippen molar-refractivity contribution >= 4 is 5.96 Å². The number of hydrogen-bond acceptors (Lipinski definition) is 3. The summed E-state index contributed by atoms with van der Waals surface area (Å²) in [7, 11) is 0. The maximum absolute atomic E-state index is 4.67. The second-order valence-corrected chi connectivity index (χ2v) is 6.88. The van der Waals surface area contributed by atoms with Crippen molar-refractivity contribution in [3.8, 4) is 0 Å². The minimum absolute atomic E-state index is 0.675. The van der Waals surface area contributed by atoms with E-state index in [1.165, 1.54) is 76.7 Å². The highest BCUT2D eigenvalue weighted by Crippen LogP contribution is 2.29. The van der Waals surface area contributed by atoms with Gasteiger partial charge in [-0.2, -0.15) is 0 Å². The Balaban J connectivity index is 1.61. The van der Waals surface area contributed by atoms with Crippen LogP contribution in [0.3, 0.4) is 0 Å². The topological polar surface area (TPSA) is 27.6 Å². The van der Waals surface area contributed by atoms with Crippen LogP contribution in [0.4, 0.5) is 0 Å². The highest BCUT2D eigenvalue weighted by Gasteiger charge is 2.32. The van der Waals surface area contributed by atoms with Crippen molar-refractivity contribution < 1.29 is 0 Å². The molecule has 3 heteroatoms. The Bertz CT molecular complexity index is 314. The molecule has 3 nitrogen and oxygen atoms in total. The van der Waals surface area contributed by atoms with E-state index in [1.54, 1.807) is 0 Å². The molecule has 0 aromatic carbocycles. The third-order valence-electron chi connectivity index (χ3n) is 5.24. The van der Waals surface area contributed by atoms with Gasteiger partial charge in [-0.05, 0) is 32.1 Å². The molecule has 1 fully saturated rings. The zero-order valence-electron chi connectivity index (χ0n) is 14.2. The molecule has 0 amide bonds. The molecule has 0 aliphatic carbocycles. The first kappa shape index (κ1) is 16.6. The molecular formula is C18H35N3. The smallest absolute Gasteiger partial charge is 0.194 e. The molecule has 2 aliphatic heterocycles. The van der Waals surface area contributed by atoms with Crippen LogP contribution in [0.15, 0.2) is 4.99 Å². The lowest BCUT2D eigenvalue weighted by atomic mass is 9.94. The molecule has 2 aliphatic rings. The van der Waals surface area contributed by atoms with Crippen molar-refractivity contribution in [3.63, 3.8) is 0 Å². The number of hydrogen-bond donors (Lipinski definition) is 1. The van der Waals surface area contributed by atoms with Crippen LogP contribution < -0.4 is 5.32 Å². The Labute approximate surface area is 131 Å². The highest BCUT2D eigenvalue weighted by atomic mass is 15.3. The van der Waals surface area contributed by atoms with Gasteiger partial charge in [-0.1, -0.05) is 51.9 Å². The zero-order valence-corrected chi connectivity index (χ0v) is 14.2. The summed E-state index contributed by atoms with van der Waals surface area (Å²) in [4.78, 5) is 7.18. The van der Waals surface area contributed by atoms with Crippen LogP contribution in [0.25, 0.3) is 0 Å². The average Bonchev–Trinajstić information content (AvgIpc) is 2.88. The summed E-state index contributed by atoms with van der Waals surface area (Å²) >= 11 is 0. The predicted octanol–water partition coefficient (Wildman–Crippen LogP) is 4.19. The van der Waals surface area contributed by atoms with E-state index in [0.29, 0.717) is 6.04 Å². The van der Waals surface area contributed by atoms with Crippen LogP contribution in [0.2, 0.25) is 0 Å². The minimum atomic E-state index is 0.675. The summed E-state index contributed by atoms with van der Waals surface area (Å²) in [6.07, 6.45) is 13.9. The van der Waals surface area contributed by atoms with Crippen molar-refractivity contribution in [3.05, 3.63) is 0 Å². The van der Waals surface area contributed by atoms with Crippen molar-refractivity contribution in [2.24, 2.45) is 10.9 Å². The Morgan fingerprint density at radius 1 is 1.14 bits per heavy atom. The molecular weight excluding hydrogens is 258 g/mol. The number of likely N-dealkylation sites (tertiary alicyclic amines) is 1. The van der Waals surface area contributed by atoms with Crippen molar-refractivity contribution in [2.45, 2.75) is 84.1 Å². The number of nitrogens with zero attached hydrogens (tertiary/aromatic N) is 2. The molecule has 1 saturated heterocycles. The number of guanidine groups is 1. The quantitative estimate of drug-likeness (QED) is 0.680. The fraction of sp³-hybridized carbons (Fsp3) is 0.944. The Morgan fingerprint density at radius 2 is 1.90 bits per heavy atom. The second-order valence-electron chi connectivity index (χ2n) is 6.88. The standard InChI is InChI=1S/C18H35N3/c1-3-4-5-6-7-8-9-11-17-12-15-21(16(17)2)18-19-13-10-14-20-18/h16-17H,3-15H2,1-2H3,(H,19,20)/t16-,17+/m0/s1. The summed E-state index contributed by atoms with van der Waals surface area (Å²) in [5.74, 6) is 2.06. The van der Waals surface area contributed by atoms with Gasteiger partial charge in [-0.3, -0.25) is 4.99 Å². The Morgan fingerprint density at radius 3 is 2.62 bits per heavy atom. The monoisotopic (exact) mass is 293 g/mol. The second kappa shape index (κ2) is 9.32. The summed E-state index contributed by atoms with van der Waals surface area (Å²) in [5, 5.41) is 3.48. The van der Waals surface area contributed by atoms with Crippen LogP contribution in [0, 0.1) is 5.92 Å². The molecule has 0 bridgehead atoms. The molecule has 0 aromatic rings. The van der Waals surface area contributed by atoms with E-state index in [1.807, 2.05) is 0 Å². The molecule has 0 saturated carbocycles. The SMILES string of the molecule is CCCCCCCCC[C@@H]1CCN(C2=NCCCN2)[C@H]1C. The van der Waals surface area contributed by atoms with Gasteiger partial charge in [0.2, 0.25) is 0 Å². The third-order valence-corrected chi connectivity index (χ3v) is 5.24. The largest absolute Gasteiger partial charge is 0.356 e. The van der Waals surface area contributed by atoms with Gasteiger partial charge in [0, 0.05) is 25.7 Å². The van der Waals surface area contributed by atoms with Gasteiger partial charge in [0.15, 0.2) is 5.96 Å². The van der Waals surface area contributed by atoms with Crippen molar-refractivity contribution in [1.29, 1.82) is 0 Å². The fourth-order valence-corrected chi connectivity index (χ4v) is 3.76. The molecule has 2 atom stereocenters. The average molecular weight is 293 g/mol. The van der Waals surface area contributed by atoms with E-state index in [4.69, 9.17) is 0 Å². The molecule has 122 valence electrons. The first-order chi connectivity index (χ1) is 10.3. The lowest BCUT2D eigenvalue weighted by Crippen LogP contribution is -2.46. The first-order valence-electron chi connectivity index (χ1n) is 9.38. The summed E-state index contributed by atoms with van der Waals surface area (Å²) in [6.45, 7) is 8.00. The van der Waals surface area contributed by atoms with Gasteiger partial charge in [-0.15, -0.1) is 0 Å². The van der Waals surface area contributed by atoms with Crippen LogP contribution in [0.5, 0.6) is 0 Å². The first-order valence-corrected chi connectivity index (χ1v) is 9.38. The lowest BCUT2D eigenvalue weighted by molar-refractivity contribution is 0.325. The molecule has 0 unspecified atom stereocenters. The third kappa shape index (κ3) is 5.19. The van der Waals surface area contributed by atoms with E-state index < -0.39 is 0 Å². The van der Waals surface area contributed by atoms with E-state index in [-0.39, 0.29) is 0 Å². The number of nitrogens with one attached hydrogen (secondary N) is 1. The van der Waals surface area contributed by atoms with Crippen molar-refractivity contribution in [2.75, 3.05) is 19.6 Å². The van der Waals surface area contributed by atoms with Crippen LogP contribution in [0.1, 0.15) is 78.1 Å². The number of unbranched alkanes of at least 4 members (excludes halogenated alkanes) is 6. The Kier molecular flexibility index (Phi) is 7.38. The summed E-state index contributed by atoms with van der Waals surface area (Å²) in [6, 6.07) is 0.675. The molecule has 2 heterocycles. The molecule has 0 spiro atoms. The van der Waals surface area contributed by atoms with Crippen LogP contribution in [-0.4, -0.2) is 36.5 Å². The molecule has 0 aromatic heterocycles. The van der Waals surface area contributed by atoms with Gasteiger partial charge >= 0.3 is 0 Å².